The van der Waals surface area contributed by atoms with Gasteiger partial charge in [0, 0.05) is 59.5 Å². The van der Waals surface area contributed by atoms with Crippen LogP contribution in [-0.2, 0) is 12.8 Å². The third-order valence-corrected chi connectivity index (χ3v) is 5.30. The Kier molecular flexibility index (Phi) is 3.81. The Morgan fingerprint density at radius 3 is 1.57 bits per heavy atom. The first-order chi connectivity index (χ1) is 14.8. The summed E-state index contributed by atoms with van der Waals surface area (Å²) in [6.07, 6.45) is 8.71. The van der Waals surface area contributed by atoms with E-state index in [4.69, 9.17) is 8.83 Å². The van der Waals surface area contributed by atoms with E-state index in [9.17, 15) is 0 Å². The summed E-state index contributed by atoms with van der Waals surface area (Å²) in [5.41, 5.74) is 3.86. The van der Waals surface area contributed by atoms with E-state index in [0.29, 0.717) is 0 Å². The second-order valence-corrected chi connectivity index (χ2v) is 7.31. The maximum Gasteiger partial charge on any atom is 0.137 e. The molecule has 0 aliphatic heterocycles. The second kappa shape index (κ2) is 6.77. The van der Waals surface area contributed by atoms with Crippen molar-refractivity contribution >= 4 is 21.9 Å². The quantitative estimate of drug-likeness (QED) is 0.390. The summed E-state index contributed by atoms with van der Waals surface area (Å²) in [6, 6.07) is 16.4. The van der Waals surface area contributed by atoms with Crippen LogP contribution in [0, 0.1) is 0 Å². The molecule has 0 saturated heterocycles. The molecule has 146 valence electrons. The number of fused-ring (bicyclic) bond motifs is 2. The van der Waals surface area contributed by atoms with Crippen molar-refractivity contribution in [3.8, 4) is 22.8 Å². The molecule has 6 rings (SSSR count). The number of benzene rings is 2. The van der Waals surface area contributed by atoms with Crippen LogP contribution < -0.4 is 0 Å². The number of nitrogens with one attached hydrogen (secondary N) is 2. The smallest absolute Gasteiger partial charge is 0.137 e. The number of furan rings is 2. The minimum atomic E-state index is 0.773. The number of hydrogen-bond donors (Lipinski definition) is 2. The number of rotatable bonds is 5. The number of imidazole rings is 2. The SMILES string of the molecule is c1c[nH]c(-c2ccc3oc(CCc4cc5cc(-c6ncc[nH]6)ccc5o4)cc3c2)n1. The number of aryl methyl sites for hydroxylation is 2. The fourth-order valence-electron chi connectivity index (χ4n) is 3.83. The van der Waals surface area contributed by atoms with Crippen LogP contribution >= 0.6 is 0 Å². The number of nitrogens with zero attached hydrogens (tertiary/aromatic N) is 2. The maximum absolute atomic E-state index is 6.02. The van der Waals surface area contributed by atoms with Crippen molar-refractivity contribution in [3.63, 3.8) is 0 Å². The van der Waals surface area contributed by atoms with Crippen LogP contribution in [0.1, 0.15) is 11.5 Å². The van der Waals surface area contributed by atoms with Gasteiger partial charge in [-0.3, -0.25) is 0 Å². The van der Waals surface area contributed by atoms with E-state index in [-0.39, 0.29) is 0 Å². The average Bonchev–Trinajstić information content (AvgIpc) is 3.56. The van der Waals surface area contributed by atoms with Crippen molar-refractivity contribution in [1.82, 2.24) is 19.9 Å². The monoisotopic (exact) mass is 394 g/mol. The lowest BCUT2D eigenvalue weighted by molar-refractivity contribution is 0.510. The summed E-state index contributed by atoms with van der Waals surface area (Å²) < 4.78 is 12.0. The van der Waals surface area contributed by atoms with Crippen LogP contribution in [0.5, 0.6) is 0 Å². The zero-order valence-electron chi connectivity index (χ0n) is 16.1. The predicted molar refractivity (Wildman–Crippen MR) is 115 cm³/mol. The molecule has 6 heteroatoms. The number of hydrogen-bond acceptors (Lipinski definition) is 4. The first-order valence-electron chi connectivity index (χ1n) is 9.86. The molecule has 2 aromatic carbocycles. The van der Waals surface area contributed by atoms with Gasteiger partial charge in [0.1, 0.15) is 34.3 Å². The Labute approximate surface area is 171 Å². The third-order valence-electron chi connectivity index (χ3n) is 5.30. The fourth-order valence-corrected chi connectivity index (χ4v) is 3.83. The van der Waals surface area contributed by atoms with Crippen LogP contribution in [0.4, 0.5) is 0 Å². The van der Waals surface area contributed by atoms with Gasteiger partial charge >= 0.3 is 0 Å². The van der Waals surface area contributed by atoms with Crippen LogP contribution in [0.2, 0.25) is 0 Å². The van der Waals surface area contributed by atoms with Gasteiger partial charge in [0.2, 0.25) is 0 Å². The molecule has 4 heterocycles. The van der Waals surface area contributed by atoms with Gasteiger partial charge in [-0.05, 0) is 48.5 Å². The summed E-state index contributed by atoms with van der Waals surface area (Å²) in [4.78, 5) is 14.9. The molecule has 0 bridgehead atoms. The molecule has 0 radical (unpaired) electrons. The second-order valence-electron chi connectivity index (χ2n) is 7.31. The standard InChI is InChI=1S/C24H18N4O2/c1-5-21-17(11-15(1)23-25-7-8-26-23)13-19(29-21)3-4-20-14-18-12-16(2-6-22(18)30-20)24-27-9-10-28-24/h1-2,5-14H,3-4H2,(H,25,26)(H,27,28). The van der Waals surface area contributed by atoms with Crippen LogP contribution in [0.25, 0.3) is 44.7 Å². The molecule has 6 aromatic rings. The minimum Gasteiger partial charge on any atom is -0.461 e. The molecule has 30 heavy (non-hydrogen) atoms. The van der Waals surface area contributed by atoms with Crippen molar-refractivity contribution in [2.75, 3.05) is 0 Å². The molecular formula is C24H18N4O2. The Balaban J connectivity index is 1.23. The number of H-pyrrole nitrogens is 2. The Bertz CT molecular complexity index is 1330. The summed E-state index contributed by atoms with van der Waals surface area (Å²) >= 11 is 0. The van der Waals surface area contributed by atoms with Gasteiger partial charge in [-0.2, -0.15) is 0 Å². The molecule has 0 unspecified atom stereocenters. The van der Waals surface area contributed by atoms with Gasteiger partial charge in [0.15, 0.2) is 0 Å². The summed E-state index contributed by atoms with van der Waals surface area (Å²) in [7, 11) is 0. The maximum atomic E-state index is 6.02. The van der Waals surface area contributed by atoms with Crippen molar-refractivity contribution < 1.29 is 8.83 Å². The molecule has 0 aliphatic carbocycles. The highest BCUT2D eigenvalue weighted by Crippen LogP contribution is 2.28. The minimum absolute atomic E-state index is 0.773. The molecule has 0 spiro atoms. The Morgan fingerprint density at radius 1 is 0.633 bits per heavy atom. The largest absolute Gasteiger partial charge is 0.461 e. The molecule has 0 fully saturated rings. The van der Waals surface area contributed by atoms with Gasteiger partial charge < -0.3 is 18.8 Å². The zero-order valence-corrected chi connectivity index (χ0v) is 16.1. The molecular weight excluding hydrogens is 376 g/mol. The number of aromatic nitrogens is 4. The highest BCUT2D eigenvalue weighted by Gasteiger charge is 2.10. The zero-order chi connectivity index (χ0) is 19.9. The molecule has 6 nitrogen and oxygen atoms in total. The van der Waals surface area contributed by atoms with E-state index in [1.807, 2.05) is 36.7 Å². The number of aromatic amines is 2. The lowest BCUT2D eigenvalue weighted by Crippen LogP contribution is -1.86. The van der Waals surface area contributed by atoms with Crippen LogP contribution in [-0.4, -0.2) is 19.9 Å². The summed E-state index contributed by atoms with van der Waals surface area (Å²) in [5, 5.41) is 2.15. The van der Waals surface area contributed by atoms with E-state index in [1.165, 1.54) is 0 Å². The topological polar surface area (TPSA) is 83.6 Å². The average molecular weight is 394 g/mol. The fraction of sp³-hybridized carbons (Fsp3) is 0.0833. The van der Waals surface area contributed by atoms with Crippen LogP contribution in [0.3, 0.4) is 0 Å². The van der Waals surface area contributed by atoms with Gasteiger partial charge in [0.05, 0.1) is 0 Å². The molecule has 2 N–H and O–H groups in total. The predicted octanol–water partition coefficient (Wildman–Crippen LogP) is 5.74. The lowest BCUT2D eigenvalue weighted by Gasteiger charge is -1.96. The van der Waals surface area contributed by atoms with E-state index in [0.717, 1.165) is 69.1 Å². The van der Waals surface area contributed by atoms with E-state index in [1.54, 1.807) is 12.4 Å². The molecule has 0 amide bonds. The van der Waals surface area contributed by atoms with Gasteiger partial charge in [-0.15, -0.1) is 0 Å². The van der Waals surface area contributed by atoms with Crippen molar-refractivity contribution in [3.05, 3.63) is 84.8 Å². The van der Waals surface area contributed by atoms with Gasteiger partial charge in [-0.25, -0.2) is 9.97 Å². The molecule has 0 aliphatic rings. The highest BCUT2D eigenvalue weighted by atomic mass is 16.3. The van der Waals surface area contributed by atoms with Gasteiger partial charge in [0.25, 0.3) is 0 Å². The van der Waals surface area contributed by atoms with E-state index in [2.05, 4.69) is 44.2 Å². The highest BCUT2D eigenvalue weighted by molar-refractivity contribution is 5.84. The lowest BCUT2D eigenvalue weighted by atomic mass is 10.1. The van der Waals surface area contributed by atoms with Crippen LogP contribution in [0.15, 0.2) is 82.2 Å². The van der Waals surface area contributed by atoms with Crippen molar-refractivity contribution in [2.45, 2.75) is 12.8 Å². The first-order valence-corrected chi connectivity index (χ1v) is 9.86. The van der Waals surface area contributed by atoms with E-state index < -0.39 is 0 Å². The first kappa shape index (κ1) is 16.9. The van der Waals surface area contributed by atoms with Gasteiger partial charge in [-0.1, -0.05) is 0 Å². The van der Waals surface area contributed by atoms with Crippen molar-refractivity contribution in [1.29, 1.82) is 0 Å². The van der Waals surface area contributed by atoms with Crippen molar-refractivity contribution in [2.24, 2.45) is 0 Å². The third kappa shape index (κ3) is 2.99. The normalized spacial score (nSPS) is 11.6. The summed E-state index contributed by atoms with van der Waals surface area (Å²) in [5.74, 6) is 3.60. The van der Waals surface area contributed by atoms with E-state index >= 15 is 0 Å². The Morgan fingerprint density at radius 2 is 1.13 bits per heavy atom. The molecule has 0 saturated carbocycles. The Hall–Kier alpha value is -4.06. The summed E-state index contributed by atoms with van der Waals surface area (Å²) in [6.45, 7) is 0. The molecule has 0 atom stereocenters. The molecule has 4 aromatic heterocycles.